The average molecular weight is 439 g/mol. The zero-order chi connectivity index (χ0) is 23.4. The Kier molecular flexibility index (Phi) is 6.46. The molecule has 5 heteroatoms. The highest BCUT2D eigenvalue weighted by molar-refractivity contribution is 6.11. The third-order valence-corrected chi connectivity index (χ3v) is 5.60. The normalized spacial score (nSPS) is 11.9. The number of rotatable bonds is 7. The fourth-order valence-electron chi connectivity index (χ4n) is 3.83. The van der Waals surface area contributed by atoms with E-state index in [0.29, 0.717) is 35.8 Å². The largest absolute Gasteiger partial charge is 0.508 e. The Morgan fingerprint density at radius 1 is 1.03 bits per heavy atom. The first-order chi connectivity index (χ1) is 16.0. The highest BCUT2D eigenvalue weighted by atomic mass is 16.3. The van der Waals surface area contributed by atoms with Gasteiger partial charge in [0, 0.05) is 17.5 Å². The minimum absolute atomic E-state index is 0.157. The highest BCUT2D eigenvalue weighted by Gasteiger charge is 2.22. The van der Waals surface area contributed by atoms with Crippen LogP contribution in [0.4, 0.5) is 0 Å². The monoisotopic (exact) mass is 438 g/mol. The van der Waals surface area contributed by atoms with Crippen LogP contribution in [-0.2, 0) is 6.42 Å². The highest BCUT2D eigenvalue weighted by Crippen LogP contribution is 2.34. The molecule has 0 aliphatic rings. The maximum atomic E-state index is 13.0. The minimum atomic E-state index is -0.326. The van der Waals surface area contributed by atoms with Crippen LogP contribution in [0.15, 0.2) is 77.2 Å². The van der Waals surface area contributed by atoms with E-state index in [4.69, 9.17) is 4.42 Å². The van der Waals surface area contributed by atoms with Gasteiger partial charge in [-0.2, -0.15) is 5.26 Å². The van der Waals surface area contributed by atoms with Crippen LogP contribution in [0.2, 0.25) is 0 Å². The Bertz CT molecular complexity index is 1300. The number of hydrogen-bond donors (Lipinski definition) is 2. The van der Waals surface area contributed by atoms with Crippen molar-refractivity contribution in [2.75, 3.05) is 6.54 Å². The molecule has 0 fully saturated rings. The molecular formula is C28H26N2O3. The van der Waals surface area contributed by atoms with Gasteiger partial charge in [-0.3, -0.25) is 4.79 Å². The number of fused-ring (bicyclic) bond motifs is 1. The van der Waals surface area contributed by atoms with E-state index in [1.165, 1.54) is 0 Å². The summed E-state index contributed by atoms with van der Waals surface area (Å²) in [4.78, 5) is 13.0. The Morgan fingerprint density at radius 2 is 1.73 bits per heavy atom. The first-order valence-corrected chi connectivity index (χ1v) is 11.0. The van der Waals surface area contributed by atoms with E-state index in [0.717, 1.165) is 22.1 Å². The van der Waals surface area contributed by atoms with Gasteiger partial charge in [-0.25, -0.2) is 0 Å². The first-order valence-electron chi connectivity index (χ1n) is 11.0. The van der Waals surface area contributed by atoms with Crippen molar-refractivity contribution in [2.24, 2.45) is 5.92 Å². The summed E-state index contributed by atoms with van der Waals surface area (Å²) >= 11 is 0. The number of carbonyl (C=O) groups excluding carboxylic acids is 1. The second kappa shape index (κ2) is 9.62. The summed E-state index contributed by atoms with van der Waals surface area (Å²) in [5, 5.41) is 23.0. The lowest BCUT2D eigenvalue weighted by Gasteiger charge is -2.11. The summed E-state index contributed by atoms with van der Waals surface area (Å²) in [5.41, 5.74) is 3.83. The number of nitriles is 1. The number of phenolic OH excluding ortho intramolecular Hbond substituents is 1. The number of aromatic hydroxyl groups is 1. The molecule has 0 saturated heterocycles. The van der Waals surface area contributed by atoms with Crippen LogP contribution in [0.5, 0.6) is 5.75 Å². The average Bonchev–Trinajstić information content (AvgIpc) is 3.22. The van der Waals surface area contributed by atoms with Gasteiger partial charge in [0.1, 0.15) is 17.1 Å². The van der Waals surface area contributed by atoms with Gasteiger partial charge in [0.25, 0.3) is 5.91 Å². The molecule has 1 unspecified atom stereocenters. The minimum Gasteiger partial charge on any atom is -0.508 e. The third kappa shape index (κ3) is 4.91. The SMILES string of the molecule is CC(C)CNC(=O)c1c(-c2ccc(C(C#N)Cc3ccc(O)cc3)cc2)oc2ccccc12. The van der Waals surface area contributed by atoms with E-state index in [1.807, 2.05) is 60.7 Å². The molecule has 0 bridgehead atoms. The van der Waals surface area contributed by atoms with Crippen molar-refractivity contribution in [3.05, 3.63) is 89.5 Å². The van der Waals surface area contributed by atoms with Gasteiger partial charge in [0.05, 0.1) is 17.6 Å². The topological polar surface area (TPSA) is 86.3 Å². The van der Waals surface area contributed by atoms with Crippen LogP contribution in [0.3, 0.4) is 0 Å². The molecule has 166 valence electrons. The van der Waals surface area contributed by atoms with Gasteiger partial charge in [-0.15, -0.1) is 0 Å². The molecule has 0 aliphatic heterocycles. The van der Waals surface area contributed by atoms with Gasteiger partial charge in [0.2, 0.25) is 0 Å². The first kappa shape index (κ1) is 22.2. The van der Waals surface area contributed by atoms with Crippen molar-refractivity contribution in [3.63, 3.8) is 0 Å². The van der Waals surface area contributed by atoms with Crippen molar-refractivity contribution in [3.8, 4) is 23.1 Å². The molecule has 3 aromatic carbocycles. The second-order valence-corrected chi connectivity index (χ2v) is 8.58. The maximum Gasteiger partial charge on any atom is 0.255 e. The molecule has 2 N–H and O–H groups in total. The van der Waals surface area contributed by atoms with Crippen LogP contribution in [0.1, 0.15) is 41.3 Å². The maximum absolute atomic E-state index is 13.0. The lowest BCUT2D eigenvalue weighted by Crippen LogP contribution is -2.27. The second-order valence-electron chi connectivity index (χ2n) is 8.58. The number of furan rings is 1. The molecule has 1 atom stereocenters. The van der Waals surface area contributed by atoms with Crippen molar-refractivity contribution in [1.29, 1.82) is 5.26 Å². The van der Waals surface area contributed by atoms with E-state index >= 15 is 0 Å². The Labute approximate surface area is 193 Å². The molecule has 1 heterocycles. The number of phenols is 1. The zero-order valence-corrected chi connectivity index (χ0v) is 18.7. The lowest BCUT2D eigenvalue weighted by molar-refractivity contribution is 0.0950. The van der Waals surface area contributed by atoms with Crippen LogP contribution < -0.4 is 5.32 Å². The summed E-state index contributed by atoms with van der Waals surface area (Å²) < 4.78 is 6.10. The van der Waals surface area contributed by atoms with E-state index < -0.39 is 0 Å². The number of benzene rings is 3. The molecule has 33 heavy (non-hydrogen) atoms. The van der Waals surface area contributed by atoms with Crippen LogP contribution in [-0.4, -0.2) is 17.6 Å². The van der Waals surface area contributed by atoms with Crippen molar-refractivity contribution in [2.45, 2.75) is 26.2 Å². The zero-order valence-electron chi connectivity index (χ0n) is 18.7. The summed E-state index contributed by atoms with van der Waals surface area (Å²) in [6, 6.07) is 24.4. The van der Waals surface area contributed by atoms with Gasteiger partial charge in [-0.05, 0) is 41.7 Å². The number of para-hydroxylation sites is 1. The van der Waals surface area contributed by atoms with Gasteiger partial charge >= 0.3 is 0 Å². The third-order valence-electron chi connectivity index (χ3n) is 5.60. The van der Waals surface area contributed by atoms with Gasteiger partial charge in [0.15, 0.2) is 0 Å². The van der Waals surface area contributed by atoms with Crippen LogP contribution >= 0.6 is 0 Å². The molecule has 4 aromatic rings. The number of carbonyl (C=O) groups is 1. The quantitative estimate of drug-likeness (QED) is 0.368. The summed E-state index contributed by atoms with van der Waals surface area (Å²) in [6.45, 7) is 4.69. The number of nitrogens with zero attached hydrogens (tertiary/aromatic N) is 1. The Morgan fingerprint density at radius 3 is 2.39 bits per heavy atom. The van der Waals surface area contributed by atoms with Crippen LogP contribution in [0, 0.1) is 17.2 Å². The van der Waals surface area contributed by atoms with Crippen molar-refractivity contribution in [1.82, 2.24) is 5.32 Å². The number of nitrogens with one attached hydrogen (secondary N) is 1. The van der Waals surface area contributed by atoms with Crippen molar-refractivity contribution >= 4 is 16.9 Å². The Balaban J connectivity index is 1.65. The molecule has 1 aromatic heterocycles. The lowest BCUT2D eigenvalue weighted by atomic mass is 9.92. The van der Waals surface area contributed by atoms with Crippen LogP contribution in [0.25, 0.3) is 22.3 Å². The van der Waals surface area contributed by atoms with Gasteiger partial charge in [-0.1, -0.05) is 68.4 Å². The van der Waals surface area contributed by atoms with E-state index in [1.54, 1.807) is 12.1 Å². The molecule has 0 radical (unpaired) electrons. The standard InChI is InChI=1S/C28H26N2O3/c1-18(2)17-30-28(32)26-24-5-3-4-6-25(24)33-27(26)21-11-9-20(10-12-21)22(16-29)15-19-7-13-23(31)14-8-19/h3-14,18,22,31H,15,17H2,1-2H3,(H,30,32). The predicted molar refractivity (Wildman–Crippen MR) is 129 cm³/mol. The molecule has 0 saturated carbocycles. The molecule has 0 spiro atoms. The molecule has 5 nitrogen and oxygen atoms in total. The summed E-state index contributed by atoms with van der Waals surface area (Å²) in [5.74, 6) is 0.584. The fourth-order valence-corrected chi connectivity index (χ4v) is 3.83. The van der Waals surface area contributed by atoms with E-state index in [2.05, 4.69) is 25.2 Å². The Hall–Kier alpha value is -4.04. The fraction of sp³-hybridized carbons (Fsp3) is 0.214. The summed E-state index contributed by atoms with van der Waals surface area (Å²) in [7, 11) is 0. The number of hydrogen-bond acceptors (Lipinski definition) is 4. The molecule has 0 aliphatic carbocycles. The summed E-state index contributed by atoms with van der Waals surface area (Å²) in [6.07, 6.45) is 0.545. The molecule has 1 amide bonds. The molecule has 4 rings (SSSR count). The van der Waals surface area contributed by atoms with Gasteiger partial charge < -0.3 is 14.8 Å². The van der Waals surface area contributed by atoms with E-state index in [9.17, 15) is 15.2 Å². The number of amides is 1. The predicted octanol–water partition coefficient (Wildman–Crippen LogP) is 6.04. The van der Waals surface area contributed by atoms with E-state index in [-0.39, 0.29) is 17.6 Å². The molecular weight excluding hydrogens is 412 g/mol. The smallest absolute Gasteiger partial charge is 0.255 e. The van der Waals surface area contributed by atoms with Crippen molar-refractivity contribution < 1.29 is 14.3 Å².